The molecule has 3 N–H and O–H groups in total. The largest absolute Gasteiger partial charge is 0.494 e. The molecule has 0 saturated carbocycles. The molecule has 4 bridgehead atoms. The zero-order chi connectivity index (χ0) is 46.8. The van der Waals surface area contributed by atoms with Gasteiger partial charge < -0.3 is 49.6 Å². The normalized spacial score (nSPS) is 20.7. The number of hydrogen-bond acceptors (Lipinski definition) is 15. The highest BCUT2D eigenvalue weighted by Crippen LogP contribution is 2.37. The van der Waals surface area contributed by atoms with Gasteiger partial charge in [0.05, 0.1) is 43.4 Å². The van der Waals surface area contributed by atoms with Crippen LogP contribution in [0.2, 0.25) is 0 Å². The number of piperazine rings is 2. The summed E-state index contributed by atoms with van der Waals surface area (Å²) in [6.07, 6.45) is 0.745. The van der Waals surface area contributed by atoms with Gasteiger partial charge in [0.25, 0.3) is 0 Å². The minimum absolute atomic E-state index is 0.00848. The van der Waals surface area contributed by atoms with Gasteiger partial charge in [-0.25, -0.2) is 21.6 Å². The van der Waals surface area contributed by atoms with Crippen molar-refractivity contribution in [3.8, 4) is 11.5 Å². The average molecular weight is 935 g/mol. The van der Waals surface area contributed by atoms with Gasteiger partial charge in [0.2, 0.25) is 11.8 Å². The molecular formula is C44H66N6O12S2. The first-order chi connectivity index (χ1) is 30.3. The first kappa shape index (κ1) is 50.2. The Morgan fingerprint density at radius 1 is 0.734 bits per heavy atom. The summed E-state index contributed by atoms with van der Waals surface area (Å²) in [6, 6.07) is 16.0. The molecular weight excluding hydrogens is 869 g/mol. The second-order valence-corrected chi connectivity index (χ2v) is 21.8. The summed E-state index contributed by atoms with van der Waals surface area (Å²) in [6.45, 7) is 14.3. The minimum atomic E-state index is -3.76. The van der Waals surface area contributed by atoms with Gasteiger partial charge in [-0.3, -0.25) is 14.4 Å². The van der Waals surface area contributed by atoms with Gasteiger partial charge in [0.1, 0.15) is 28.1 Å². The monoisotopic (exact) mass is 934 g/mol. The van der Waals surface area contributed by atoms with Crippen molar-refractivity contribution >= 4 is 54.9 Å². The molecule has 0 radical (unpaired) electrons. The summed E-state index contributed by atoms with van der Waals surface area (Å²) in [5, 5.41) is 1.15. The molecule has 2 aromatic rings. The Morgan fingerprint density at radius 2 is 1.25 bits per heavy atom. The van der Waals surface area contributed by atoms with Crippen LogP contribution in [0.5, 0.6) is 11.5 Å². The second-order valence-electron chi connectivity index (χ2n) is 17.3. The number of anilines is 2. The third-order valence-corrected chi connectivity index (χ3v) is 15.1. The standard InChI is InChI=1S/2C22H33N3O6S/c1-5-30-19-8-6-16(7-9-19)24-13-18-12-17(24)14-25(18)20(26)15-32(28,29)11-10-23-21(27)31-22(2,3)4;1-3-30-19-7-5-16(6-8-19)24-14-18-13-17(24)15-25(18)22(27)20(32(28,29)12-11-23)9-10-21(26)31-4-2/h6-9,17-18H,5,10-15H2,1-4H3,(H,23,27);5-8,17-18,20H,3-4,9-15,23H2,1-2H3/t17-,18-;17-,18-,20?/m00/s1. The maximum atomic E-state index is 13.3. The Bertz CT molecular complexity index is 2130. The summed E-state index contributed by atoms with van der Waals surface area (Å²) >= 11 is 0. The quantitative estimate of drug-likeness (QED) is 0.193. The molecule has 2 aromatic carbocycles. The van der Waals surface area contributed by atoms with E-state index in [1.165, 1.54) is 0 Å². The highest BCUT2D eigenvalue weighted by atomic mass is 32.2. The van der Waals surface area contributed by atoms with Crippen molar-refractivity contribution in [3.63, 3.8) is 0 Å². The van der Waals surface area contributed by atoms with Crippen LogP contribution in [-0.2, 0) is 43.5 Å². The van der Waals surface area contributed by atoms with Gasteiger partial charge >= 0.3 is 12.1 Å². The van der Waals surface area contributed by atoms with Crippen LogP contribution < -0.4 is 30.3 Å². The number of carbonyl (C=O) groups is 4. The van der Waals surface area contributed by atoms with Crippen LogP contribution in [0, 0.1) is 0 Å². The Hall–Kier alpha value is -4.82. The van der Waals surface area contributed by atoms with Crippen molar-refractivity contribution in [2.75, 3.05) is 86.1 Å². The molecule has 6 rings (SSSR count). The van der Waals surface area contributed by atoms with Gasteiger partial charge in [0, 0.05) is 69.1 Å². The molecule has 4 saturated heterocycles. The Kier molecular flexibility index (Phi) is 17.2. The lowest BCUT2D eigenvalue weighted by molar-refractivity contribution is -0.143. The number of sulfone groups is 2. The molecule has 4 fully saturated rings. The maximum Gasteiger partial charge on any atom is 0.407 e. The maximum absolute atomic E-state index is 13.3. The number of nitrogens with two attached hydrogens (primary N) is 1. The van der Waals surface area contributed by atoms with Crippen LogP contribution in [0.15, 0.2) is 48.5 Å². The molecule has 5 atom stereocenters. The smallest absolute Gasteiger partial charge is 0.407 e. The predicted molar refractivity (Wildman–Crippen MR) is 243 cm³/mol. The number of rotatable bonds is 19. The molecule has 4 aliphatic rings. The van der Waals surface area contributed by atoms with E-state index in [0.29, 0.717) is 39.4 Å². The van der Waals surface area contributed by atoms with Crippen LogP contribution in [0.25, 0.3) is 0 Å². The number of ether oxygens (including phenoxy) is 4. The fourth-order valence-electron chi connectivity index (χ4n) is 8.74. The zero-order valence-electron chi connectivity index (χ0n) is 37.9. The lowest BCUT2D eigenvalue weighted by Crippen LogP contribution is -2.53. The molecule has 18 nitrogen and oxygen atoms in total. The number of esters is 1. The van der Waals surface area contributed by atoms with E-state index >= 15 is 0 Å². The molecule has 0 spiro atoms. The summed E-state index contributed by atoms with van der Waals surface area (Å²) in [7, 11) is -7.40. The number of nitrogens with one attached hydrogen (secondary N) is 1. The third-order valence-electron chi connectivity index (χ3n) is 11.5. The summed E-state index contributed by atoms with van der Waals surface area (Å²) < 4.78 is 71.3. The predicted octanol–water partition coefficient (Wildman–Crippen LogP) is 2.77. The molecule has 4 heterocycles. The summed E-state index contributed by atoms with van der Waals surface area (Å²) in [5.41, 5.74) is 6.95. The zero-order valence-corrected chi connectivity index (χ0v) is 39.5. The van der Waals surface area contributed by atoms with Gasteiger partial charge in [-0.1, -0.05) is 0 Å². The number of alkyl carbamates (subject to hydrolysis) is 1. The van der Waals surface area contributed by atoms with Crippen LogP contribution in [-0.4, -0.2) is 162 Å². The molecule has 3 amide bonds. The lowest BCUT2D eigenvalue weighted by Gasteiger charge is -2.37. The lowest BCUT2D eigenvalue weighted by atomic mass is 10.2. The van der Waals surface area contributed by atoms with E-state index in [-0.39, 0.29) is 74.1 Å². The van der Waals surface area contributed by atoms with Gasteiger partial charge in [-0.2, -0.15) is 0 Å². The number of carbonyl (C=O) groups excluding carboxylic acids is 4. The van der Waals surface area contributed by atoms with E-state index in [1.54, 1.807) is 37.5 Å². The van der Waals surface area contributed by atoms with Gasteiger partial charge in [-0.05, 0) is 109 Å². The van der Waals surface area contributed by atoms with Crippen LogP contribution >= 0.6 is 0 Å². The molecule has 4 aliphatic heterocycles. The molecule has 0 aliphatic carbocycles. The number of fused-ring (bicyclic) bond motifs is 4. The number of likely N-dealkylation sites (tertiary alicyclic amines) is 2. The van der Waals surface area contributed by atoms with Crippen molar-refractivity contribution in [3.05, 3.63) is 48.5 Å². The van der Waals surface area contributed by atoms with Crippen LogP contribution in [0.4, 0.5) is 16.2 Å². The van der Waals surface area contributed by atoms with Crippen molar-refractivity contribution < 1.29 is 55.0 Å². The summed E-state index contributed by atoms with van der Waals surface area (Å²) in [5.74, 6) is -0.809. The molecule has 0 aromatic heterocycles. The molecule has 64 heavy (non-hydrogen) atoms. The fourth-order valence-corrected chi connectivity index (χ4v) is 11.4. The van der Waals surface area contributed by atoms with E-state index < -0.39 is 54.2 Å². The second kappa shape index (κ2) is 21.9. The molecule has 1 unspecified atom stereocenters. The topological polar surface area (TPSA) is 224 Å². The number of nitrogens with zero attached hydrogens (tertiary/aromatic N) is 4. The SMILES string of the molecule is CCOC(=O)CCC(C(=O)N1C[C@@H]2C[C@H]1CN2c1ccc(OCC)cc1)S(=O)(=O)CCN.CCOc1ccc(N2C[C@@H]3C[C@H]2CN3C(=O)CS(=O)(=O)CCNC(=O)OC(C)(C)C)cc1. The fraction of sp³-hybridized carbons (Fsp3) is 0.636. The van der Waals surface area contributed by atoms with Gasteiger partial charge in [0.15, 0.2) is 19.7 Å². The molecule has 20 heteroatoms. The minimum Gasteiger partial charge on any atom is -0.494 e. The van der Waals surface area contributed by atoms with Crippen molar-refractivity contribution in [1.29, 1.82) is 0 Å². The van der Waals surface area contributed by atoms with Crippen molar-refractivity contribution in [2.45, 2.75) is 102 Å². The number of amides is 3. The van der Waals surface area contributed by atoms with E-state index in [2.05, 4.69) is 15.1 Å². The highest BCUT2D eigenvalue weighted by Gasteiger charge is 2.49. The van der Waals surface area contributed by atoms with Crippen LogP contribution in [0.3, 0.4) is 0 Å². The van der Waals surface area contributed by atoms with E-state index in [4.69, 9.17) is 24.7 Å². The van der Waals surface area contributed by atoms with E-state index in [1.807, 2.05) is 62.4 Å². The Morgan fingerprint density at radius 3 is 1.69 bits per heavy atom. The van der Waals surface area contributed by atoms with Crippen molar-refractivity contribution in [2.24, 2.45) is 5.73 Å². The average Bonchev–Trinajstić information content (AvgIpc) is 4.03. The van der Waals surface area contributed by atoms with Crippen molar-refractivity contribution in [1.82, 2.24) is 15.1 Å². The Labute approximate surface area is 377 Å². The third kappa shape index (κ3) is 13.4. The first-order valence-electron chi connectivity index (χ1n) is 22.1. The molecule has 356 valence electrons. The first-order valence-corrected chi connectivity index (χ1v) is 25.6. The van der Waals surface area contributed by atoms with E-state index in [0.717, 1.165) is 35.7 Å². The Balaban J connectivity index is 0.000000241. The van der Waals surface area contributed by atoms with Gasteiger partial charge in [-0.15, -0.1) is 0 Å². The van der Waals surface area contributed by atoms with Crippen LogP contribution in [0.1, 0.15) is 67.2 Å². The number of hydrogen-bond donors (Lipinski definition) is 2. The number of benzene rings is 2. The van der Waals surface area contributed by atoms with E-state index in [9.17, 15) is 36.0 Å². The highest BCUT2D eigenvalue weighted by molar-refractivity contribution is 7.92. The summed E-state index contributed by atoms with van der Waals surface area (Å²) in [4.78, 5) is 57.3.